The molecular weight excluding hydrogens is 258 g/mol. The lowest BCUT2D eigenvalue weighted by Gasteiger charge is -2.40. The fraction of sp³-hybridized carbons (Fsp3) is 0.909. The van der Waals surface area contributed by atoms with Gasteiger partial charge in [0, 0.05) is 13.1 Å². The topological polar surface area (TPSA) is 40.5 Å². The lowest BCUT2D eigenvalue weighted by atomic mass is 9.83. The molecule has 1 rings (SSSR count). The normalized spacial score (nSPS) is 19.5. The van der Waals surface area contributed by atoms with Crippen LogP contribution in [0.1, 0.15) is 40.0 Å². The van der Waals surface area contributed by atoms with Crippen LogP contribution in [-0.4, -0.2) is 38.9 Å². The van der Waals surface area contributed by atoms with Gasteiger partial charge in [-0.3, -0.25) is 4.79 Å². The number of carbonyl (C=O) groups is 1. The number of halogens is 1. The van der Waals surface area contributed by atoms with E-state index in [1.165, 1.54) is 0 Å². The van der Waals surface area contributed by atoms with Crippen LogP contribution >= 0.6 is 15.9 Å². The molecule has 0 aromatic carbocycles. The Kier molecular flexibility index (Phi) is 3.82. The highest BCUT2D eigenvalue weighted by molar-refractivity contribution is 9.10. The molecule has 3 nitrogen and oxygen atoms in total. The van der Waals surface area contributed by atoms with Gasteiger partial charge < -0.3 is 10.0 Å². The second-order valence-electron chi connectivity index (χ2n) is 4.95. The van der Waals surface area contributed by atoms with Crippen molar-refractivity contribution in [2.45, 2.75) is 50.0 Å². The lowest BCUT2D eigenvalue weighted by Crippen LogP contribution is -2.52. The minimum atomic E-state index is -0.821. The summed E-state index contributed by atoms with van der Waals surface area (Å²) in [7, 11) is 0. The van der Waals surface area contributed by atoms with Crippen LogP contribution in [0.5, 0.6) is 0 Å². The smallest absolute Gasteiger partial charge is 0.239 e. The highest BCUT2D eigenvalue weighted by atomic mass is 79.9. The van der Waals surface area contributed by atoms with Gasteiger partial charge in [0.25, 0.3) is 0 Å². The molecule has 4 heteroatoms. The van der Waals surface area contributed by atoms with Gasteiger partial charge in [-0.1, -0.05) is 15.9 Å². The SMILES string of the molecule is CCN(CC(C)(C)O)C(=O)C1(Br)CCC1. The van der Waals surface area contributed by atoms with Crippen LogP contribution in [0, 0.1) is 0 Å². The van der Waals surface area contributed by atoms with Gasteiger partial charge in [0.2, 0.25) is 5.91 Å². The van der Waals surface area contributed by atoms with Gasteiger partial charge in [0.05, 0.1) is 5.60 Å². The Morgan fingerprint density at radius 3 is 2.33 bits per heavy atom. The van der Waals surface area contributed by atoms with E-state index in [1.54, 1.807) is 18.7 Å². The minimum absolute atomic E-state index is 0.123. The molecule has 0 saturated heterocycles. The van der Waals surface area contributed by atoms with Crippen LogP contribution in [0.3, 0.4) is 0 Å². The first-order valence-corrected chi connectivity index (χ1v) is 6.28. The molecule has 0 aliphatic heterocycles. The fourth-order valence-corrected chi connectivity index (χ4v) is 2.59. The number of hydrogen-bond donors (Lipinski definition) is 1. The second kappa shape index (κ2) is 4.42. The summed E-state index contributed by atoms with van der Waals surface area (Å²) < 4.78 is -0.339. The van der Waals surface area contributed by atoms with Crippen molar-refractivity contribution in [3.8, 4) is 0 Å². The van der Waals surface area contributed by atoms with Crippen LogP contribution in [-0.2, 0) is 4.79 Å². The van der Waals surface area contributed by atoms with E-state index < -0.39 is 5.60 Å². The molecule has 0 radical (unpaired) electrons. The number of hydrogen-bond acceptors (Lipinski definition) is 2. The van der Waals surface area contributed by atoms with E-state index in [0.29, 0.717) is 13.1 Å². The predicted molar refractivity (Wildman–Crippen MR) is 64.1 cm³/mol. The zero-order valence-electron chi connectivity index (χ0n) is 9.72. The standard InChI is InChI=1S/C11H20BrNO2/c1-4-13(8-10(2,3)15)9(14)11(12)6-5-7-11/h15H,4-8H2,1-3H3. The van der Waals surface area contributed by atoms with Crippen molar-refractivity contribution in [2.24, 2.45) is 0 Å². The molecule has 88 valence electrons. The summed E-state index contributed by atoms with van der Waals surface area (Å²) in [6.07, 6.45) is 2.93. The molecule has 1 N–H and O–H groups in total. The number of carbonyl (C=O) groups excluding carboxylic acids is 1. The summed E-state index contributed by atoms with van der Waals surface area (Å²) in [5, 5.41) is 9.72. The number of amides is 1. The number of likely N-dealkylation sites (N-methyl/N-ethyl adjacent to an activating group) is 1. The van der Waals surface area contributed by atoms with Crippen molar-refractivity contribution in [1.82, 2.24) is 4.90 Å². The largest absolute Gasteiger partial charge is 0.389 e. The van der Waals surface area contributed by atoms with E-state index >= 15 is 0 Å². The average molecular weight is 278 g/mol. The quantitative estimate of drug-likeness (QED) is 0.798. The van der Waals surface area contributed by atoms with E-state index in [-0.39, 0.29) is 10.2 Å². The Hall–Kier alpha value is -0.0900. The van der Waals surface area contributed by atoms with Crippen molar-refractivity contribution >= 4 is 21.8 Å². The summed E-state index contributed by atoms with van der Waals surface area (Å²) in [5.74, 6) is 0.123. The Bertz CT molecular complexity index is 243. The van der Waals surface area contributed by atoms with Crippen LogP contribution in [0.4, 0.5) is 0 Å². The van der Waals surface area contributed by atoms with E-state index in [0.717, 1.165) is 19.3 Å². The van der Waals surface area contributed by atoms with Gasteiger partial charge in [-0.15, -0.1) is 0 Å². The number of alkyl halides is 1. The molecule has 0 atom stereocenters. The number of nitrogens with zero attached hydrogens (tertiary/aromatic N) is 1. The Labute approximate surface area is 100.0 Å². The van der Waals surface area contributed by atoms with Crippen molar-refractivity contribution in [2.75, 3.05) is 13.1 Å². The number of aliphatic hydroxyl groups is 1. The van der Waals surface area contributed by atoms with Gasteiger partial charge in [-0.2, -0.15) is 0 Å². The zero-order chi connectivity index (χ0) is 11.7. The summed E-state index contributed by atoms with van der Waals surface area (Å²) in [5.41, 5.74) is -0.821. The summed E-state index contributed by atoms with van der Waals surface area (Å²) >= 11 is 3.51. The van der Waals surface area contributed by atoms with Crippen LogP contribution in [0.2, 0.25) is 0 Å². The van der Waals surface area contributed by atoms with Crippen LogP contribution < -0.4 is 0 Å². The summed E-state index contributed by atoms with van der Waals surface area (Å²) in [6, 6.07) is 0. The number of rotatable bonds is 4. The molecule has 0 spiro atoms. The van der Waals surface area contributed by atoms with E-state index in [1.807, 2.05) is 6.92 Å². The van der Waals surface area contributed by atoms with Gasteiger partial charge in [0.15, 0.2) is 0 Å². The van der Waals surface area contributed by atoms with Crippen molar-refractivity contribution in [1.29, 1.82) is 0 Å². The maximum absolute atomic E-state index is 12.1. The van der Waals surface area contributed by atoms with Crippen LogP contribution in [0.25, 0.3) is 0 Å². The van der Waals surface area contributed by atoms with Crippen molar-refractivity contribution in [3.63, 3.8) is 0 Å². The third-order valence-corrected chi connectivity index (χ3v) is 3.91. The molecular formula is C11H20BrNO2. The molecule has 0 aromatic rings. The maximum Gasteiger partial charge on any atom is 0.239 e. The Morgan fingerprint density at radius 1 is 1.53 bits per heavy atom. The van der Waals surface area contributed by atoms with Gasteiger partial charge in [-0.25, -0.2) is 0 Å². The molecule has 15 heavy (non-hydrogen) atoms. The van der Waals surface area contributed by atoms with Gasteiger partial charge in [-0.05, 0) is 40.0 Å². The molecule has 0 heterocycles. The van der Waals surface area contributed by atoms with E-state index in [4.69, 9.17) is 0 Å². The van der Waals surface area contributed by atoms with E-state index in [2.05, 4.69) is 15.9 Å². The van der Waals surface area contributed by atoms with E-state index in [9.17, 15) is 9.90 Å². The van der Waals surface area contributed by atoms with Crippen molar-refractivity contribution < 1.29 is 9.90 Å². The van der Waals surface area contributed by atoms with Gasteiger partial charge in [0.1, 0.15) is 4.32 Å². The first-order chi connectivity index (χ1) is 6.78. The molecule has 1 aliphatic carbocycles. The molecule has 1 saturated carbocycles. The second-order valence-corrected chi connectivity index (χ2v) is 6.47. The highest BCUT2D eigenvalue weighted by Crippen LogP contribution is 2.41. The maximum atomic E-state index is 12.1. The average Bonchev–Trinajstić information content (AvgIpc) is 2.07. The Balaban J connectivity index is 2.62. The van der Waals surface area contributed by atoms with Crippen LogP contribution in [0.15, 0.2) is 0 Å². The van der Waals surface area contributed by atoms with Crippen molar-refractivity contribution in [3.05, 3.63) is 0 Å². The molecule has 0 aromatic heterocycles. The first-order valence-electron chi connectivity index (χ1n) is 5.49. The zero-order valence-corrected chi connectivity index (χ0v) is 11.3. The third kappa shape index (κ3) is 3.18. The lowest BCUT2D eigenvalue weighted by molar-refractivity contribution is -0.138. The molecule has 0 unspecified atom stereocenters. The first kappa shape index (κ1) is 13.0. The predicted octanol–water partition coefficient (Wildman–Crippen LogP) is 1.92. The monoisotopic (exact) mass is 277 g/mol. The fourth-order valence-electron chi connectivity index (χ4n) is 1.78. The highest BCUT2D eigenvalue weighted by Gasteiger charge is 2.44. The summed E-state index contributed by atoms with van der Waals surface area (Å²) in [4.78, 5) is 13.9. The molecule has 1 aliphatic rings. The molecule has 1 fully saturated rings. The molecule has 1 amide bonds. The third-order valence-electron chi connectivity index (χ3n) is 2.78. The summed E-state index contributed by atoms with van der Waals surface area (Å²) in [6.45, 7) is 6.44. The Morgan fingerprint density at radius 2 is 2.07 bits per heavy atom. The van der Waals surface area contributed by atoms with Gasteiger partial charge >= 0.3 is 0 Å². The minimum Gasteiger partial charge on any atom is -0.389 e. The molecule has 0 bridgehead atoms.